The number of carbonyl (C=O) groups excluding carboxylic acids is 1. The lowest BCUT2D eigenvalue weighted by atomic mass is 9.79. The van der Waals surface area contributed by atoms with Gasteiger partial charge >= 0.3 is 0 Å². The molecule has 0 unspecified atom stereocenters. The van der Waals surface area contributed by atoms with Crippen LogP contribution in [0.5, 0.6) is 0 Å². The first-order valence-corrected chi connectivity index (χ1v) is 7.37. The number of hydrogen-bond donors (Lipinski definition) is 2. The number of nitrogens with one attached hydrogen (secondary N) is 1. The second-order valence-corrected chi connectivity index (χ2v) is 5.44. The van der Waals surface area contributed by atoms with Crippen molar-refractivity contribution in [2.24, 2.45) is 11.1 Å². The van der Waals surface area contributed by atoms with E-state index in [1.54, 1.807) is 0 Å². The highest BCUT2D eigenvalue weighted by molar-refractivity contribution is 5.85. The number of halogens is 1. The molecule has 1 aromatic rings. The molecule has 3 N–H and O–H groups in total. The van der Waals surface area contributed by atoms with Gasteiger partial charge in [-0.15, -0.1) is 12.4 Å². The number of hydrogen-bond acceptors (Lipinski definition) is 3. The largest absolute Gasteiger partial charge is 0.381 e. The molecule has 1 saturated heterocycles. The first kappa shape index (κ1) is 18.0. The molecule has 1 aliphatic heterocycles. The normalized spacial score (nSPS) is 16.8. The van der Waals surface area contributed by atoms with Gasteiger partial charge in [0, 0.05) is 26.3 Å². The van der Waals surface area contributed by atoms with Crippen LogP contribution in [0.15, 0.2) is 30.3 Å². The van der Waals surface area contributed by atoms with Crippen LogP contribution < -0.4 is 11.1 Å². The number of carbonyl (C=O) groups is 1. The smallest absolute Gasteiger partial charge is 0.227 e. The van der Waals surface area contributed by atoms with E-state index in [0.29, 0.717) is 26.3 Å². The van der Waals surface area contributed by atoms with Crippen molar-refractivity contribution in [2.45, 2.75) is 25.7 Å². The van der Waals surface area contributed by atoms with Crippen molar-refractivity contribution in [2.75, 3.05) is 26.3 Å². The predicted molar refractivity (Wildman–Crippen MR) is 86.6 cm³/mol. The van der Waals surface area contributed by atoms with Gasteiger partial charge in [-0.1, -0.05) is 30.3 Å². The molecule has 1 heterocycles. The van der Waals surface area contributed by atoms with E-state index in [4.69, 9.17) is 10.5 Å². The lowest BCUT2D eigenvalue weighted by molar-refractivity contribution is -0.135. The summed E-state index contributed by atoms with van der Waals surface area (Å²) < 4.78 is 5.32. The summed E-state index contributed by atoms with van der Waals surface area (Å²) >= 11 is 0. The molecule has 2 rings (SSSR count). The van der Waals surface area contributed by atoms with E-state index >= 15 is 0 Å². The second kappa shape index (κ2) is 9.03. The van der Waals surface area contributed by atoms with Crippen LogP contribution in [-0.2, 0) is 16.0 Å². The van der Waals surface area contributed by atoms with E-state index in [2.05, 4.69) is 17.4 Å². The second-order valence-electron chi connectivity index (χ2n) is 5.44. The van der Waals surface area contributed by atoms with Crippen molar-refractivity contribution in [1.29, 1.82) is 0 Å². The number of amides is 1. The molecule has 0 radical (unpaired) electrons. The topological polar surface area (TPSA) is 64.4 Å². The molecule has 1 fully saturated rings. The van der Waals surface area contributed by atoms with E-state index in [1.807, 2.05) is 18.2 Å². The first-order chi connectivity index (χ1) is 9.77. The molecule has 4 nitrogen and oxygen atoms in total. The summed E-state index contributed by atoms with van der Waals surface area (Å²) in [7, 11) is 0. The van der Waals surface area contributed by atoms with Crippen molar-refractivity contribution >= 4 is 18.3 Å². The molecule has 1 aliphatic rings. The van der Waals surface area contributed by atoms with Gasteiger partial charge in [0.15, 0.2) is 0 Å². The summed E-state index contributed by atoms with van der Waals surface area (Å²) in [6.45, 7) is 2.38. The Balaban J connectivity index is 0.00000220. The minimum absolute atomic E-state index is 0. The highest BCUT2D eigenvalue weighted by Crippen LogP contribution is 2.29. The van der Waals surface area contributed by atoms with Crippen LogP contribution in [0.1, 0.15) is 24.8 Å². The Bertz CT molecular complexity index is 420. The fourth-order valence-corrected chi connectivity index (χ4v) is 2.61. The molecular weight excluding hydrogens is 288 g/mol. The lowest BCUT2D eigenvalue weighted by Crippen LogP contribution is -2.49. The number of nitrogens with two attached hydrogens (primary N) is 1. The summed E-state index contributed by atoms with van der Waals surface area (Å²) in [6.07, 6.45) is 3.40. The number of benzene rings is 1. The third-order valence-corrected chi connectivity index (χ3v) is 4.09. The number of ether oxygens (including phenoxy) is 1. The fraction of sp³-hybridized carbons (Fsp3) is 0.562. The highest BCUT2D eigenvalue weighted by atomic mass is 35.5. The summed E-state index contributed by atoms with van der Waals surface area (Å²) in [6, 6.07) is 10.3. The van der Waals surface area contributed by atoms with Crippen molar-refractivity contribution in [1.82, 2.24) is 5.32 Å². The van der Waals surface area contributed by atoms with Crippen LogP contribution in [0.3, 0.4) is 0 Å². The molecule has 0 aromatic heterocycles. The van der Waals surface area contributed by atoms with Crippen molar-refractivity contribution < 1.29 is 9.53 Å². The van der Waals surface area contributed by atoms with Gasteiger partial charge in [0.2, 0.25) is 5.91 Å². The maximum absolute atomic E-state index is 12.3. The van der Waals surface area contributed by atoms with Crippen LogP contribution in [0.2, 0.25) is 0 Å². The zero-order valence-corrected chi connectivity index (χ0v) is 13.2. The lowest BCUT2D eigenvalue weighted by Gasteiger charge is -2.34. The van der Waals surface area contributed by atoms with Crippen LogP contribution >= 0.6 is 12.4 Å². The molecular formula is C16H25ClN2O2. The Morgan fingerprint density at radius 3 is 2.52 bits per heavy atom. The van der Waals surface area contributed by atoms with Gasteiger partial charge in [0.1, 0.15) is 0 Å². The first-order valence-electron chi connectivity index (χ1n) is 7.37. The molecule has 0 atom stereocenters. The average molecular weight is 313 g/mol. The van der Waals surface area contributed by atoms with E-state index in [1.165, 1.54) is 5.56 Å². The molecule has 118 valence electrons. The third kappa shape index (κ3) is 4.99. The summed E-state index contributed by atoms with van der Waals surface area (Å²) in [5.41, 5.74) is 6.71. The molecule has 0 spiro atoms. The van der Waals surface area contributed by atoms with E-state index in [-0.39, 0.29) is 18.3 Å². The van der Waals surface area contributed by atoms with Crippen molar-refractivity contribution in [3.63, 3.8) is 0 Å². The van der Waals surface area contributed by atoms with E-state index in [0.717, 1.165) is 25.7 Å². The minimum Gasteiger partial charge on any atom is -0.381 e. The van der Waals surface area contributed by atoms with Crippen molar-refractivity contribution in [3.8, 4) is 0 Å². The molecule has 1 aromatic carbocycles. The Morgan fingerprint density at radius 2 is 1.90 bits per heavy atom. The van der Waals surface area contributed by atoms with Crippen LogP contribution in [-0.4, -0.2) is 32.2 Å². The van der Waals surface area contributed by atoms with Gasteiger partial charge in [0.05, 0.1) is 5.41 Å². The van der Waals surface area contributed by atoms with Gasteiger partial charge in [-0.3, -0.25) is 4.79 Å². The Hall–Kier alpha value is -1.10. The van der Waals surface area contributed by atoms with Crippen LogP contribution in [0.25, 0.3) is 0 Å². The fourth-order valence-electron chi connectivity index (χ4n) is 2.61. The summed E-state index contributed by atoms with van der Waals surface area (Å²) in [4.78, 5) is 12.3. The summed E-state index contributed by atoms with van der Waals surface area (Å²) in [5, 5.41) is 3.04. The molecule has 0 saturated carbocycles. The predicted octanol–water partition coefficient (Wildman–Crippen LogP) is 1.91. The number of rotatable bonds is 6. The minimum atomic E-state index is -0.412. The van der Waals surface area contributed by atoms with Gasteiger partial charge in [0.25, 0.3) is 0 Å². The summed E-state index contributed by atoms with van der Waals surface area (Å²) in [5.74, 6) is 0.0939. The molecule has 0 bridgehead atoms. The number of aryl methyl sites for hydroxylation is 1. The zero-order valence-electron chi connectivity index (χ0n) is 12.3. The molecule has 1 amide bonds. The maximum atomic E-state index is 12.3. The average Bonchev–Trinajstić information content (AvgIpc) is 2.53. The van der Waals surface area contributed by atoms with E-state index < -0.39 is 5.41 Å². The van der Waals surface area contributed by atoms with Gasteiger partial charge in [-0.2, -0.15) is 0 Å². The quantitative estimate of drug-likeness (QED) is 0.789. The van der Waals surface area contributed by atoms with Gasteiger partial charge in [-0.25, -0.2) is 0 Å². The standard InChI is InChI=1S/C16H24N2O2.ClH/c17-13-16(8-11-20-12-9-16)15(19)18-10-4-7-14-5-2-1-3-6-14;/h1-3,5-6H,4,7-13,17H2,(H,18,19);1H. The highest BCUT2D eigenvalue weighted by Gasteiger charge is 2.38. The Kier molecular flexibility index (Phi) is 7.72. The van der Waals surface area contributed by atoms with Crippen molar-refractivity contribution in [3.05, 3.63) is 35.9 Å². The zero-order chi connectivity index (χ0) is 14.3. The maximum Gasteiger partial charge on any atom is 0.227 e. The monoisotopic (exact) mass is 312 g/mol. The van der Waals surface area contributed by atoms with E-state index in [9.17, 15) is 4.79 Å². The Labute approximate surface area is 132 Å². The van der Waals surface area contributed by atoms with Gasteiger partial charge < -0.3 is 15.8 Å². The van der Waals surface area contributed by atoms with Crippen LogP contribution in [0, 0.1) is 5.41 Å². The third-order valence-electron chi connectivity index (χ3n) is 4.09. The van der Waals surface area contributed by atoms with Gasteiger partial charge in [-0.05, 0) is 31.2 Å². The molecule has 21 heavy (non-hydrogen) atoms. The SMILES string of the molecule is Cl.NCC1(C(=O)NCCCc2ccccc2)CCOCC1. The molecule has 5 heteroatoms. The molecule has 0 aliphatic carbocycles. The van der Waals surface area contributed by atoms with Crippen LogP contribution in [0.4, 0.5) is 0 Å². The Morgan fingerprint density at radius 1 is 1.24 bits per heavy atom.